The molecule has 1 nitrogen and oxygen atoms in total. The number of fused-ring (bicyclic) bond motifs is 1. The van der Waals surface area contributed by atoms with Crippen LogP contribution in [0, 0.1) is 11.6 Å². The number of aryl methyl sites for hydroxylation is 2. The van der Waals surface area contributed by atoms with Crippen molar-refractivity contribution in [2.24, 2.45) is 5.73 Å². The molecule has 2 N–H and O–H groups in total. The van der Waals surface area contributed by atoms with Gasteiger partial charge in [0.2, 0.25) is 0 Å². The summed E-state index contributed by atoms with van der Waals surface area (Å²) >= 11 is 7.69. The highest BCUT2D eigenvalue weighted by Gasteiger charge is 2.20. The van der Waals surface area contributed by atoms with Crippen molar-refractivity contribution in [2.45, 2.75) is 38.1 Å². The molecule has 0 saturated heterocycles. The van der Waals surface area contributed by atoms with Crippen LogP contribution in [0.1, 0.15) is 46.2 Å². The minimum atomic E-state index is -0.946. The molecule has 0 saturated carbocycles. The van der Waals surface area contributed by atoms with Crippen molar-refractivity contribution in [3.8, 4) is 0 Å². The van der Waals surface area contributed by atoms with Gasteiger partial charge in [0.1, 0.15) is 0 Å². The largest absolute Gasteiger partial charge is 0.320 e. The van der Waals surface area contributed by atoms with Crippen molar-refractivity contribution in [1.29, 1.82) is 0 Å². The Bertz CT molecular complexity index is 645. The Balaban J connectivity index is 1.95. The lowest BCUT2D eigenvalue weighted by atomic mass is 10.0. The van der Waals surface area contributed by atoms with Crippen LogP contribution in [0.2, 0.25) is 5.02 Å². The Morgan fingerprint density at radius 3 is 2.57 bits per heavy atom. The lowest BCUT2D eigenvalue weighted by Crippen LogP contribution is -2.11. The number of hydrogen-bond donors (Lipinski definition) is 1. The fourth-order valence-electron chi connectivity index (χ4n) is 2.77. The Labute approximate surface area is 131 Å². The van der Waals surface area contributed by atoms with Gasteiger partial charge in [-0.3, -0.25) is 0 Å². The summed E-state index contributed by atoms with van der Waals surface area (Å²) < 4.78 is 26.6. The average molecular weight is 328 g/mol. The monoisotopic (exact) mass is 327 g/mol. The number of nitrogens with two attached hydrogens (primary N) is 1. The Hall–Kier alpha value is -0.970. The molecule has 1 atom stereocenters. The summed E-state index contributed by atoms with van der Waals surface area (Å²) in [6.45, 7) is 0. The maximum Gasteiger partial charge on any atom is 0.160 e. The molecule has 1 aromatic carbocycles. The van der Waals surface area contributed by atoms with Crippen molar-refractivity contribution >= 4 is 22.9 Å². The summed E-state index contributed by atoms with van der Waals surface area (Å²) in [6.07, 6.45) is 5.82. The lowest BCUT2D eigenvalue weighted by Gasteiger charge is -2.12. The predicted octanol–water partition coefficient (Wildman–Crippen LogP) is 5.00. The highest BCUT2D eigenvalue weighted by atomic mass is 35.5. The molecule has 3 rings (SSSR count). The quantitative estimate of drug-likeness (QED) is 0.610. The molecule has 21 heavy (non-hydrogen) atoms. The van der Waals surface area contributed by atoms with Gasteiger partial charge in [0.25, 0.3) is 0 Å². The van der Waals surface area contributed by atoms with Crippen molar-refractivity contribution in [3.05, 3.63) is 55.7 Å². The lowest BCUT2D eigenvalue weighted by molar-refractivity contribution is 0.506. The van der Waals surface area contributed by atoms with Crippen molar-refractivity contribution in [3.63, 3.8) is 0 Å². The molecule has 0 radical (unpaired) electrons. The smallest absolute Gasteiger partial charge is 0.160 e. The minimum Gasteiger partial charge on any atom is -0.320 e. The molecular weight excluding hydrogens is 312 g/mol. The summed E-state index contributed by atoms with van der Waals surface area (Å²) in [5, 5.41) is 0.171. The van der Waals surface area contributed by atoms with Gasteiger partial charge in [-0.25, -0.2) is 8.78 Å². The van der Waals surface area contributed by atoms with Gasteiger partial charge in [-0.2, -0.15) is 0 Å². The summed E-state index contributed by atoms with van der Waals surface area (Å²) in [6, 6.07) is 3.69. The van der Waals surface area contributed by atoms with Gasteiger partial charge in [0.15, 0.2) is 11.6 Å². The highest BCUT2D eigenvalue weighted by molar-refractivity contribution is 7.12. The predicted molar refractivity (Wildman–Crippen MR) is 83.0 cm³/mol. The second-order valence-electron chi connectivity index (χ2n) is 5.42. The average Bonchev–Trinajstić information content (AvgIpc) is 2.73. The first-order chi connectivity index (χ1) is 10.1. The fraction of sp³-hybridized carbons (Fsp3) is 0.375. The molecule has 1 unspecified atom stereocenters. The van der Waals surface area contributed by atoms with Crippen LogP contribution in [0.25, 0.3) is 0 Å². The number of thiophene rings is 1. The van der Waals surface area contributed by atoms with E-state index in [0.717, 1.165) is 29.9 Å². The number of benzene rings is 1. The summed E-state index contributed by atoms with van der Waals surface area (Å²) in [4.78, 5) is 2.34. The van der Waals surface area contributed by atoms with Crippen LogP contribution < -0.4 is 5.73 Å². The third kappa shape index (κ3) is 2.98. The third-order valence-corrected chi connectivity index (χ3v) is 5.59. The van der Waals surface area contributed by atoms with E-state index in [1.807, 2.05) is 0 Å². The van der Waals surface area contributed by atoms with E-state index in [1.165, 1.54) is 29.7 Å². The van der Waals surface area contributed by atoms with E-state index in [2.05, 4.69) is 6.07 Å². The standard InChI is InChI=1S/C16H16ClF2NS/c17-11-8-13(19)12(18)7-10(11)16(20)15-6-9-4-2-1-3-5-14(9)21-15/h6-8,16H,1-5,20H2. The number of halogens is 3. The molecule has 0 fully saturated rings. The van der Waals surface area contributed by atoms with Crippen LogP contribution in [0.3, 0.4) is 0 Å². The van der Waals surface area contributed by atoms with Gasteiger partial charge in [-0.05, 0) is 55.0 Å². The second-order valence-corrected chi connectivity index (χ2v) is 7.00. The van der Waals surface area contributed by atoms with Gasteiger partial charge in [0, 0.05) is 14.8 Å². The molecule has 0 amide bonds. The Morgan fingerprint density at radius 2 is 1.76 bits per heavy atom. The molecule has 1 heterocycles. The van der Waals surface area contributed by atoms with Crippen LogP contribution >= 0.6 is 22.9 Å². The Kier molecular flexibility index (Phi) is 4.29. The molecule has 0 aliphatic heterocycles. The van der Waals surface area contributed by atoms with Crippen LogP contribution in [-0.2, 0) is 12.8 Å². The van der Waals surface area contributed by atoms with Crippen molar-refractivity contribution in [2.75, 3.05) is 0 Å². The first-order valence-electron chi connectivity index (χ1n) is 7.08. The SMILES string of the molecule is NC(c1cc2c(s1)CCCCC2)c1cc(F)c(F)cc1Cl. The normalized spacial score (nSPS) is 16.4. The number of rotatable bonds is 2. The molecule has 0 bridgehead atoms. The van der Waals surface area contributed by atoms with Crippen LogP contribution in [-0.4, -0.2) is 0 Å². The van der Waals surface area contributed by atoms with Crippen molar-refractivity contribution in [1.82, 2.24) is 0 Å². The van der Waals surface area contributed by atoms with Gasteiger partial charge < -0.3 is 5.73 Å². The first-order valence-corrected chi connectivity index (χ1v) is 8.27. The Morgan fingerprint density at radius 1 is 1.05 bits per heavy atom. The van der Waals surface area contributed by atoms with E-state index < -0.39 is 17.7 Å². The third-order valence-electron chi connectivity index (χ3n) is 3.95. The van der Waals surface area contributed by atoms with E-state index >= 15 is 0 Å². The van der Waals surface area contributed by atoms with Crippen LogP contribution in [0.5, 0.6) is 0 Å². The maximum atomic E-state index is 13.4. The highest BCUT2D eigenvalue weighted by Crippen LogP contribution is 2.36. The van der Waals surface area contributed by atoms with Gasteiger partial charge in [-0.1, -0.05) is 18.0 Å². The minimum absolute atomic E-state index is 0.171. The molecule has 5 heteroatoms. The van der Waals surface area contributed by atoms with Crippen LogP contribution in [0.15, 0.2) is 18.2 Å². The van der Waals surface area contributed by atoms with Crippen molar-refractivity contribution < 1.29 is 8.78 Å². The molecule has 112 valence electrons. The second kappa shape index (κ2) is 6.03. The molecule has 1 aromatic heterocycles. The van der Waals surface area contributed by atoms with E-state index in [4.69, 9.17) is 17.3 Å². The fourth-order valence-corrected chi connectivity index (χ4v) is 4.32. The summed E-state index contributed by atoms with van der Waals surface area (Å²) in [7, 11) is 0. The van der Waals surface area contributed by atoms with Crippen LogP contribution in [0.4, 0.5) is 8.78 Å². The summed E-state index contributed by atoms with van der Waals surface area (Å²) in [5.74, 6) is -1.86. The van der Waals surface area contributed by atoms with Gasteiger partial charge >= 0.3 is 0 Å². The first kappa shape index (κ1) is 14.9. The van der Waals surface area contributed by atoms with E-state index in [-0.39, 0.29) is 5.02 Å². The van der Waals surface area contributed by atoms with Gasteiger partial charge in [-0.15, -0.1) is 11.3 Å². The molecule has 1 aliphatic carbocycles. The molecule has 0 spiro atoms. The number of hydrogen-bond acceptors (Lipinski definition) is 2. The topological polar surface area (TPSA) is 26.0 Å². The van der Waals surface area contributed by atoms with E-state index in [0.29, 0.717) is 5.56 Å². The zero-order valence-corrected chi connectivity index (χ0v) is 13.0. The molecular formula is C16H16ClF2NS. The van der Waals surface area contributed by atoms with E-state index in [1.54, 1.807) is 11.3 Å². The molecule has 2 aromatic rings. The summed E-state index contributed by atoms with van der Waals surface area (Å²) in [5.41, 5.74) is 8.01. The zero-order chi connectivity index (χ0) is 15.0. The zero-order valence-electron chi connectivity index (χ0n) is 11.5. The maximum absolute atomic E-state index is 13.4. The molecule has 1 aliphatic rings. The van der Waals surface area contributed by atoms with Gasteiger partial charge in [0.05, 0.1) is 6.04 Å². The van der Waals surface area contributed by atoms with E-state index in [9.17, 15) is 8.78 Å².